The molecular weight excluding hydrogens is 243 g/mol. The molecule has 1 heterocycles. The van der Waals surface area contributed by atoms with Crippen LogP contribution in [0.4, 0.5) is 22.0 Å². The first kappa shape index (κ1) is 12.3. The van der Waals surface area contributed by atoms with Gasteiger partial charge in [-0.1, -0.05) is 18.2 Å². The minimum atomic E-state index is -5.57. The third kappa shape index (κ3) is 2.57. The SMILES string of the molecule is FC(F)(F)C(F)(F)c1cccc(CC2CO2)c1. The van der Waals surface area contributed by atoms with Crippen LogP contribution in [-0.2, 0) is 17.1 Å². The maximum absolute atomic E-state index is 13.0. The van der Waals surface area contributed by atoms with Gasteiger partial charge in [-0.25, -0.2) is 0 Å². The maximum Gasteiger partial charge on any atom is 0.458 e. The van der Waals surface area contributed by atoms with Crippen molar-refractivity contribution in [2.75, 3.05) is 6.61 Å². The zero-order chi connectivity index (χ0) is 12.7. The fraction of sp³-hybridized carbons (Fsp3) is 0.455. The molecule has 1 unspecified atom stereocenters. The third-order valence-electron chi connectivity index (χ3n) is 2.51. The lowest BCUT2D eigenvalue weighted by Gasteiger charge is -2.20. The predicted octanol–water partition coefficient (Wildman–Crippen LogP) is 3.28. The summed E-state index contributed by atoms with van der Waals surface area (Å²) in [6.45, 7) is 0.528. The number of ether oxygens (including phenoxy) is 1. The highest BCUT2D eigenvalue weighted by Gasteiger charge is 2.58. The van der Waals surface area contributed by atoms with Gasteiger partial charge in [0.1, 0.15) is 0 Å². The van der Waals surface area contributed by atoms with Crippen LogP contribution in [0.25, 0.3) is 0 Å². The fourth-order valence-electron chi connectivity index (χ4n) is 1.51. The lowest BCUT2D eigenvalue weighted by atomic mass is 10.0. The lowest BCUT2D eigenvalue weighted by Crippen LogP contribution is -2.33. The molecule has 1 aliphatic rings. The number of benzene rings is 1. The standard InChI is InChI=1S/C11H9F5O/c12-10(13,11(14,15)16)8-3-1-2-7(4-8)5-9-6-17-9/h1-4,9H,5-6H2. The zero-order valence-corrected chi connectivity index (χ0v) is 8.60. The van der Waals surface area contributed by atoms with Gasteiger partial charge >= 0.3 is 12.1 Å². The highest BCUT2D eigenvalue weighted by atomic mass is 19.4. The highest BCUT2D eigenvalue weighted by Crippen LogP contribution is 2.44. The molecule has 0 aromatic heterocycles. The highest BCUT2D eigenvalue weighted by molar-refractivity contribution is 5.28. The van der Waals surface area contributed by atoms with Crippen LogP contribution in [0.3, 0.4) is 0 Å². The number of halogens is 5. The van der Waals surface area contributed by atoms with E-state index in [9.17, 15) is 22.0 Å². The summed E-state index contributed by atoms with van der Waals surface area (Å²) in [5.74, 6) is -4.81. The van der Waals surface area contributed by atoms with Crippen LogP contribution in [0.5, 0.6) is 0 Å². The van der Waals surface area contributed by atoms with Crippen LogP contribution in [-0.4, -0.2) is 18.9 Å². The summed E-state index contributed by atoms with van der Waals surface area (Å²) < 4.78 is 67.4. The van der Waals surface area contributed by atoms with E-state index < -0.39 is 17.7 Å². The van der Waals surface area contributed by atoms with Gasteiger partial charge in [0, 0.05) is 12.0 Å². The smallest absolute Gasteiger partial charge is 0.373 e. The molecule has 0 aliphatic carbocycles. The molecule has 0 N–H and O–H groups in total. The summed E-state index contributed by atoms with van der Waals surface area (Å²) in [5, 5.41) is 0. The van der Waals surface area contributed by atoms with Crippen molar-refractivity contribution in [1.82, 2.24) is 0 Å². The van der Waals surface area contributed by atoms with Gasteiger partial charge in [0.2, 0.25) is 0 Å². The Balaban J connectivity index is 2.25. The summed E-state index contributed by atoms with van der Waals surface area (Å²) in [4.78, 5) is 0. The quantitative estimate of drug-likeness (QED) is 0.594. The van der Waals surface area contributed by atoms with E-state index in [1.165, 1.54) is 12.1 Å². The first-order valence-electron chi connectivity index (χ1n) is 4.96. The number of hydrogen-bond donors (Lipinski definition) is 0. The van der Waals surface area contributed by atoms with E-state index in [2.05, 4.69) is 0 Å². The molecule has 0 radical (unpaired) electrons. The average molecular weight is 252 g/mol. The van der Waals surface area contributed by atoms with Crippen molar-refractivity contribution < 1.29 is 26.7 Å². The lowest BCUT2D eigenvalue weighted by molar-refractivity contribution is -0.289. The monoisotopic (exact) mass is 252 g/mol. The molecule has 1 aromatic carbocycles. The summed E-state index contributed by atoms with van der Waals surface area (Å²) in [7, 11) is 0. The molecule has 94 valence electrons. The van der Waals surface area contributed by atoms with E-state index in [0.717, 1.165) is 12.1 Å². The van der Waals surface area contributed by atoms with Crippen molar-refractivity contribution in [1.29, 1.82) is 0 Å². The van der Waals surface area contributed by atoms with Crippen LogP contribution in [0, 0.1) is 0 Å². The summed E-state index contributed by atoms with van der Waals surface area (Å²) in [6, 6.07) is 4.38. The Kier molecular flexibility index (Phi) is 2.85. The van der Waals surface area contributed by atoms with Crippen LogP contribution >= 0.6 is 0 Å². The first-order chi connectivity index (χ1) is 7.80. The summed E-state index contributed by atoms with van der Waals surface area (Å²) in [5.41, 5.74) is -0.600. The summed E-state index contributed by atoms with van der Waals surface area (Å²) in [6.07, 6.45) is -5.26. The molecule has 1 saturated heterocycles. The van der Waals surface area contributed by atoms with Gasteiger partial charge in [0.05, 0.1) is 12.7 Å². The molecule has 1 aliphatic heterocycles. The van der Waals surface area contributed by atoms with Gasteiger partial charge in [0.15, 0.2) is 0 Å². The second-order valence-electron chi connectivity index (χ2n) is 3.93. The molecule has 0 amide bonds. The number of alkyl halides is 5. The molecular formula is C11H9F5O. The molecule has 2 rings (SSSR count). The van der Waals surface area contributed by atoms with Gasteiger partial charge < -0.3 is 4.74 Å². The Morgan fingerprint density at radius 2 is 1.82 bits per heavy atom. The zero-order valence-electron chi connectivity index (χ0n) is 8.60. The second kappa shape index (κ2) is 3.94. The Morgan fingerprint density at radius 3 is 2.35 bits per heavy atom. The molecule has 0 spiro atoms. The van der Waals surface area contributed by atoms with Crippen LogP contribution in [0.1, 0.15) is 11.1 Å². The van der Waals surface area contributed by atoms with Crippen molar-refractivity contribution in [3.05, 3.63) is 35.4 Å². The molecule has 1 fully saturated rings. The van der Waals surface area contributed by atoms with E-state index in [-0.39, 0.29) is 6.10 Å². The van der Waals surface area contributed by atoms with Crippen molar-refractivity contribution >= 4 is 0 Å². The fourth-order valence-corrected chi connectivity index (χ4v) is 1.51. The van der Waals surface area contributed by atoms with Gasteiger partial charge in [-0.3, -0.25) is 0 Å². The largest absolute Gasteiger partial charge is 0.458 e. The maximum atomic E-state index is 13.0. The number of rotatable bonds is 3. The molecule has 1 aromatic rings. The molecule has 1 nitrogen and oxygen atoms in total. The van der Waals surface area contributed by atoms with Crippen LogP contribution in [0.2, 0.25) is 0 Å². The average Bonchev–Trinajstić information content (AvgIpc) is 3.00. The van der Waals surface area contributed by atoms with Crippen molar-refractivity contribution in [3.8, 4) is 0 Å². The van der Waals surface area contributed by atoms with E-state index in [1.54, 1.807) is 0 Å². The van der Waals surface area contributed by atoms with Gasteiger partial charge in [0.25, 0.3) is 0 Å². The topological polar surface area (TPSA) is 12.5 Å². The van der Waals surface area contributed by atoms with E-state index in [4.69, 9.17) is 4.74 Å². The Labute approximate surface area is 94.2 Å². The van der Waals surface area contributed by atoms with Crippen LogP contribution in [0.15, 0.2) is 24.3 Å². The first-order valence-corrected chi connectivity index (χ1v) is 4.96. The van der Waals surface area contributed by atoms with Crippen molar-refractivity contribution in [2.24, 2.45) is 0 Å². The minimum absolute atomic E-state index is 0.0511. The van der Waals surface area contributed by atoms with E-state index in [0.29, 0.717) is 18.6 Å². The Hall–Kier alpha value is -1.17. The van der Waals surface area contributed by atoms with E-state index >= 15 is 0 Å². The van der Waals surface area contributed by atoms with E-state index in [1.807, 2.05) is 0 Å². The van der Waals surface area contributed by atoms with Gasteiger partial charge in [-0.05, 0) is 11.6 Å². The normalized spacial score (nSPS) is 20.4. The molecule has 6 heteroatoms. The van der Waals surface area contributed by atoms with Crippen molar-refractivity contribution in [2.45, 2.75) is 24.6 Å². The summed E-state index contributed by atoms with van der Waals surface area (Å²) >= 11 is 0. The Morgan fingerprint density at radius 1 is 1.18 bits per heavy atom. The second-order valence-corrected chi connectivity index (χ2v) is 3.93. The number of hydrogen-bond acceptors (Lipinski definition) is 1. The molecule has 0 bridgehead atoms. The van der Waals surface area contributed by atoms with Crippen LogP contribution < -0.4 is 0 Å². The van der Waals surface area contributed by atoms with Crippen molar-refractivity contribution in [3.63, 3.8) is 0 Å². The third-order valence-corrected chi connectivity index (χ3v) is 2.51. The van der Waals surface area contributed by atoms with Gasteiger partial charge in [-0.2, -0.15) is 22.0 Å². The van der Waals surface area contributed by atoms with Gasteiger partial charge in [-0.15, -0.1) is 0 Å². The molecule has 1 atom stereocenters. The Bertz CT molecular complexity index is 409. The number of epoxide rings is 1. The molecule has 0 saturated carbocycles. The predicted molar refractivity (Wildman–Crippen MR) is 49.8 cm³/mol. The molecule has 17 heavy (non-hydrogen) atoms. The minimum Gasteiger partial charge on any atom is -0.373 e.